The predicted molar refractivity (Wildman–Crippen MR) is 107 cm³/mol. The molecule has 6 nitrogen and oxygen atoms in total. The summed E-state index contributed by atoms with van der Waals surface area (Å²) in [6.45, 7) is 1.92. The normalized spacial score (nSPS) is 10.5. The molecule has 27 heavy (non-hydrogen) atoms. The van der Waals surface area contributed by atoms with Crippen molar-refractivity contribution >= 4 is 22.4 Å². The molecule has 2 aromatic heterocycles. The van der Waals surface area contributed by atoms with E-state index in [1.54, 1.807) is 26.5 Å². The average Bonchev–Trinajstić information content (AvgIpc) is 3.06. The van der Waals surface area contributed by atoms with Gasteiger partial charge in [-0.1, -0.05) is 17.4 Å². The number of amides is 1. The van der Waals surface area contributed by atoms with E-state index in [1.807, 2.05) is 37.3 Å². The second kappa shape index (κ2) is 8.64. The average molecular weight is 383 g/mol. The van der Waals surface area contributed by atoms with Gasteiger partial charge >= 0.3 is 0 Å². The first kappa shape index (κ1) is 18.8. The first-order valence-corrected chi connectivity index (χ1v) is 9.31. The van der Waals surface area contributed by atoms with Crippen LogP contribution in [0.2, 0.25) is 0 Å². The SMILES string of the molecule is COc1cc(CCC(=O)Nc2nc(C)c(-c3ccccn3)s2)cc(OC)c1. The van der Waals surface area contributed by atoms with Gasteiger partial charge in [-0.2, -0.15) is 0 Å². The molecule has 3 aromatic rings. The van der Waals surface area contributed by atoms with E-state index >= 15 is 0 Å². The van der Waals surface area contributed by atoms with Crippen LogP contribution in [0.5, 0.6) is 11.5 Å². The maximum absolute atomic E-state index is 12.3. The van der Waals surface area contributed by atoms with Crippen LogP contribution < -0.4 is 14.8 Å². The monoisotopic (exact) mass is 383 g/mol. The number of methoxy groups -OCH3 is 2. The Balaban J connectivity index is 1.63. The topological polar surface area (TPSA) is 73.3 Å². The third kappa shape index (κ3) is 4.83. The Hall–Kier alpha value is -2.93. The van der Waals surface area contributed by atoms with Gasteiger partial charge in [0.2, 0.25) is 5.91 Å². The highest BCUT2D eigenvalue weighted by molar-refractivity contribution is 7.19. The van der Waals surface area contributed by atoms with Crippen LogP contribution in [0.25, 0.3) is 10.6 Å². The first-order valence-electron chi connectivity index (χ1n) is 8.49. The fraction of sp³-hybridized carbons (Fsp3) is 0.250. The third-order valence-electron chi connectivity index (χ3n) is 3.99. The summed E-state index contributed by atoms with van der Waals surface area (Å²) in [6.07, 6.45) is 2.67. The Morgan fingerprint density at radius 2 is 1.89 bits per heavy atom. The molecule has 0 atom stereocenters. The summed E-state index contributed by atoms with van der Waals surface area (Å²) in [6, 6.07) is 11.4. The molecular weight excluding hydrogens is 362 g/mol. The lowest BCUT2D eigenvalue weighted by molar-refractivity contribution is -0.116. The van der Waals surface area contributed by atoms with Crippen molar-refractivity contribution in [1.29, 1.82) is 0 Å². The summed E-state index contributed by atoms with van der Waals surface area (Å²) in [7, 11) is 3.21. The summed E-state index contributed by atoms with van der Waals surface area (Å²) >= 11 is 1.43. The van der Waals surface area contributed by atoms with Gasteiger partial charge < -0.3 is 14.8 Å². The molecule has 7 heteroatoms. The number of ether oxygens (including phenoxy) is 2. The Morgan fingerprint density at radius 3 is 2.52 bits per heavy atom. The van der Waals surface area contributed by atoms with Crippen LogP contribution in [0.4, 0.5) is 5.13 Å². The predicted octanol–water partition coefficient (Wildman–Crippen LogP) is 4.10. The van der Waals surface area contributed by atoms with E-state index < -0.39 is 0 Å². The lowest BCUT2D eigenvalue weighted by Crippen LogP contribution is -2.12. The number of hydrogen-bond donors (Lipinski definition) is 1. The van der Waals surface area contributed by atoms with Gasteiger partial charge in [-0.15, -0.1) is 0 Å². The molecule has 0 saturated heterocycles. The van der Waals surface area contributed by atoms with Crippen molar-refractivity contribution in [2.24, 2.45) is 0 Å². The number of nitrogens with zero attached hydrogens (tertiary/aromatic N) is 2. The van der Waals surface area contributed by atoms with E-state index in [0.29, 0.717) is 29.5 Å². The van der Waals surface area contributed by atoms with Crippen molar-refractivity contribution in [3.63, 3.8) is 0 Å². The minimum Gasteiger partial charge on any atom is -0.497 e. The standard InChI is InChI=1S/C20H21N3O3S/c1-13-19(17-6-4-5-9-21-17)27-20(22-13)23-18(24)8-7-14-10-15(25-2)12-16(11-14)26-3/h4-6,9-12H,7-8H2,1-3H3,(H,22,23,24). The Bertz CT molecular complexity index is 903. The zero-order valence-electron chi connectivity index (χ0n) is 15.5. The molecular formula is C20H21N3O3S. The Kier molecular flexibility index (Phi) is 6.03. The summed E-state index contributed by atoms with van der Waals surface area (Å²) in [4.78, 5) is 22.1. The summed E-state index contributed by atoms with van der Waals surface area (Å²) in [5, 5.41) is 3.46. The van der Waals surface area contributed by atoms with Crippen molar-refractivity contribution in [3.8, 4) is 22.1 Å². The van der Waals surface area contributed by atoms with Gasteiger partial charge in [0, 0.05) is 18.7 Å². The van der Waals surface area contributed by atoms with Crippen molar-refractivity contribution in [2.75, 3.05) is 19.5 Å². The van der Waals surface area contributed by atoms with Crippen molar-refractivity contribution in [2.45, 2.75) is 19.8 Å². The van der Waals surface area contributed by atoms with Crippen LogP contribution in [-0.4, -0.2) is 30.1 Å². The summed E-state index contributed by atoms with van der Waals surface area (Å²) in [5.41, 5.74) is 2.69. The quantitative estimate of drug-likeness (QED) is 0.665. The molecule has 0 saturated carbocycles. The van der Waals surface area contributed by atoms with E-state index in [2.05, 4.69) is 15.3 Å². The number of rotatable bonds is 7. The number of pyridine rings is 1. The maximum Gasteiger partial charge on any atom is 0.226 e. The highest BCUT2D eigenvalue weighted by Crippen LogP contribution is 2.31. The second-order valence-corrected chi connectivity index (χ2v) is 6.92. The van der Waals surface area contributed by atoms with Gasteiger partial charge in [0.1, 0.15) is 11.5 Å². The van der Waals surface area contributed by atoms with Gasteiger partial charge in [0.25, 0.3) is 0 Å². The summed E-state index contributed by atoms with van der Waals surface area (Å²) < 4.78 is 10.5. The Labute approximate surface area is 162 Å². The van der Waals surface area contributed by atoms with E-state index in [9.17, 15) is 4.79 Å². The number of aryl methyl sites for hydroxylation is 2. The third-order valence-corrected chi connectivity index (χ3v) is 5.09. The molecule has 1 N–H and O–H groups in total. The zero-order chi connectivity index (χ0) is 19.2. The molecule has 0 radical (unpaired) electrons. The lowest BCUT2D eigenvalue weighted by atomic mass is 10.1. The van der Waals surface area contributed by atoms with Gasteiger partial charge in [-0.25, -0.2) is 4.98 Å². The molecule has 1 amide bonds. The molecule has 0 aliphatic rings. The number of hydrogen-bond acceptors (Lipinski definition) is 6. The van der Waals surface area contributed by atoms with E-state index in [4.69, 9.17) is 9.47 Å². The number of nitrogens with one attached hydrogen (secondary N) is 1. The molecule has 0 bridgehead atoms. The summed E-state index contributed by atoms with van der Waals surface area (Å²) in [5.74, 6) is 1.33. The zero-order valence-corrected chi connectivity index (χ0v) is 16.3. The maximum atomic E-state index is 12.3. The van der Waals surface area contributed by atoms with Crippen LogP contribution in [0, 0.1) is 6.92 Å². The van der Waals surface area contributed by atoms with Crippen LogP contribution >= 0.6 is 11.3 Å². The first-order chi connectivity index (χ1) is 13.1. The van der Waals surface area contributed by atoms with Gasteiger partial charge in [-0.05, 0) is 43.2 Å². The largest absolute Gasteiger partial charge is 0.497 e. The van der Waals surface area contributed by atoms with E-state index in [-0.39, 0.29) is 5.91 Å². The molecule has 1 aromatic carbocycles. The molecule has 140 valence electrons. The second-order valence-electron chi connectivity index (χ2n) is 5.92. The van der Waals surface area contributed by atoms with Crippen LogP contribution in [-0.2, 0) is 11.2 Å². The number of carbonyl (C=O) groups excluding carboxylic acids is 1. The van der Waals surface area contributed by atoms with Gasteiger partial charge in [0.15, 0.2) is 5.13 Å². The van der Waals surface area contributed by atoms with Crippen LogP contribution in [0.3, 0.4) is 0 Å². The number of thiazole rings is 1. The number of aromatic nitrogens is 2. The molecule has 0 fully saturated rings. The Morgan fingerprint density at radius 1 is 1.15 bits per heavy atom. The molecule has 0 spiro atoms. The fourth-order valence-electron chi connectivity index (χ4n) is 2.63. The van der Waals surface area contributed by atoms with Crippen LogP contribution in [0.1, 0.15) is 17.7 Å². The number of anilines is 1. The molecule has 2 heterocycles. The van der Waals surface area contributed by atoms with Crippen molar-refractivity contribution in [3.05, 3.63) is 53.9 Å². The lowest BCUT2D eigenvalue weighted by Gasteiger charge is -2.08. The van der Waals surface area contributed by atoms with Gasteiger partial charge in [-0.3, -0.25) is 9.78 Å². The molecule has 3 rings (SSSR count). The highest BCUT2D eigenvalue weighted by Gasteiger charge is 2.13. The molecule has 0 aliphatic heterocycles. The molecule has 0 aliphatic carbocycles. The minimum atomic E-state index is -0.0851. The molecule has 0 unspecified atom stereocenters. The van der Waals surface area contributed by atoms with Crippen LogP contribution in [0.15, 0.2) is 42.6 Å². The minimum absolute atomic E-state index is 0.0851. The number of carbonyl (C=O) groups is 1. The van der Waals surface area contributed by atoms with E-state index in [1.165, 1.54) is 11.3 Å². The number of benzene rings is 1. The van der Waals surface area contributed by atoms with Crippen molar-refractivity contribution < 1.29 is 14.3 Å². The van der Waals surface area contributed by atoms with Gasteiger partial charge in [0.05, 0.1) is 30.5 Å². The fourth-order valence-corrected chi connectivity index (χ4v) is 3.59. The van der Waals surface area contributed by atoms with E-state index in [0.717, 1.165) is 21.8 Å². The smallest absolute Gasteiger partial charge is 0.226 e. The van der Waals surface area contributed by atoms with Crippen molar-refractivity contribution in [1.82, 2.24) is 9.97 Å². The highest BCUT2D eigenvalue weighted by atomic mass is 32.1.